The van der Waals surface area contributed by atoms with Crippen molar-refractivity contribution in [1.82, 2.24) is 9.97 Å². The van der Waals surface area contributed by atoms with Gasteiger partial charge in [-0.25, -0.2) is 9.97 Å². The molecule has 1 aromatic heterocycles. The molecule has 21 heavy (non-hydrogen) atoms. The van der Waals surface area contributed by atoms with Crippen molar-refractivity contribution in [2.75, 3.05) is 12.4 Å². The van der Waals surface area contributed by atoms with Gasteiger partial charge < -0.3 is 10.1 Å². The largest absolute Gasteiger partial charge is 0.491 e. The first-order chi connectivity index (χ1) is 10.1. The van der Waals surface area contributed by atoms with E-state index in [1.54, 1.807) is 0 Å². The van der Waals surface area contributed by atoms with Gasteiger partial charge in [0.2, 0.25) is 0 Å². The molecule has 1 N–H and O–H groups in total. The molecule has 2 aromatic rings. The molecule has 0 fully saturated rings. The summed E-state index contributed by atoms with van der Waals surface area (Å²) in [5.74, 6) is 2.61. The monoisotopic (exact) mass is 285 g/mol. The Hall–Kier alpha value is -2.10. The molecular formula is C17H23N3O. The average Bonchev–Trinajstić information content (AvgIpc) is 2.47. The molecule has 0 aliphatic carbocycles. The Balaban J connectivity index is 2.29. The third kappa shape index (κ3) is 4.18. The van der Waals surface area contributed by atoms with E-state index < -0.39 is 0 Å². The second kappa shape index (κ2) is 7.07. The van der Waals surface area contributed by atoms with Crippen LogP contribution < -0.4 is 10.1 Å². The summed E-state index contributed by atoms with van der Waals surface area (Å²) in [6.45, 7) is 6.18. The highest BCUT2D eigenvalue weighted by Crippen LogP contribution is 2.23. The van der Waals surface area contributed by atoms with Gasteiger partial charge in [-0.05, 0) is 44.5 Å². The molecule has 0 aliphatic heterocycles. The quantitative estimate of drug-likeness (QED) is 0.873. The van der Waals surface area contributed by atoms with Crippen molar-refractivity contribution < 1.29 is 4.74 Å². The fourth-order valence-corrected chi connectivity index (χ4v) is 2.08. The van der Waals surface area contributed by atoms with Crippen LogP contribution in [0.25, 0.3) is 11.3 Å². The second-order valence-corrected chi connectivity index (χ2v) is 5.25. The topological polar surface area (TPSA) is 47.0 Å². The molecular weight excluding hydrogens is 262 g/mol. The second-order valence-electron chi connectivity index (χ2n) is 5.25. The predicted molar refractivity (Wildman–Crippen MR) is 86.8 cm³/mol. The zero-order valence-electron chi connectivity index (χ0n) is 13.2. The zero-order valence-corrected chi connectivity index (χ0v) is 13.2. The van der Waals surface area contributed by atoms with Gasteiger partial charge in [0.1, 0.15) is 17.4 Å². The molecule has 4 nitrogen and oxygen atoms in total. The summed E-state index contributed by atoms with van der Waals surface area (Å²) >= 11 is 0. The minimum Gasteiger partial charge on any atom is -0.491 e. The van der Waals surface area contributed by atoms with Crippen LogP contribution in [0.2, 0.25) is 0 Å². The van der Waals surface area contributed by atoms with Crippen LogP contribution in [-0.2, 0) is 6.42 Å². The fraction of sp³-hybridized carbons (Fsp3) is 0.412. The van der Waals surface area contributed by atoms with Gasteiger partial charge in [-0.15, -0.1) is 0 Å². The van der Waals surface area contributed by atoms with Gasteiger partial charge in [0.05, 0.1) is 11.8 Å². The number of nitrogens with one attached hydrogen (secondary N) is 1. The molecule has 0 saturated carbocycles. The summed E-state index contributed by atoms with van der Waals surface area (Å²) in [4.78, 5) is 9.12. The smallest absolute Gasteiger partial charge is 0.131 e. The van der Waals surface area contributed by atoms with Gasteiger partial charge in [-0.2, -0.15) is 0 Å². The van der Waals surface area contributed by atoms with E-state index >= 15 is 0 Å². The van der Waals surface area contributed by atoms with Crippen LogP contribution in [0.5, 0.6) is 5.75 Å². The summed E-state index contributed by atoms with van der Waals surface area (Å²) in [5, 5.41) is 3.10. The lowest BCUT2D eigenvalue weighted by Crippen LogP contribution is -2.05. The highest BCUT2D eigenvalue weighted by molar-refractivity contribution is 5.63. The van der Waals surface area contributed by atoms with E-state index in [1.807, 2.05) is 51.2 Å². The minimum absolute atomic E-state index is 0.182. The van der Waals surface area contributed by atoms with Gasteiger partial charge in [0, 0.05) is 25.1 Å². The average molecular weight is 285 g/mol. The van der Waals surface area contributed by atoms with E-state index in [1.165, 1.54) is 0 Å². The van der Waals surface area contributed by atoms with Crippen molar-refractivity contribution in [3.05, 3.63) is 36.2 Å². The van der Waals surface area contributed by atoms with Crippen molar-refractivity contribution in [1.29, 1.82) is 0 Å². The number of anilines is 1. The number of nitrogens with zero attached hydrogens (tertiary/aromatic N) is 2. The van der Waals surface area contributed by atoms with Crippen molar-refractivity contribution >= 4 is 5.82 Å². The molecule has 0 spiro atoms. The van der Waals surface area contributed by atoms with E-state index in [0.717, 1.165) is 41.5 Å². The Morgan fingerprint density at radius 2 is 1.86 bits per heavy atom. The molecule has 0 aliphatic rings. The van der Waals surface area contributed by atoms with Crippen molar-refractivity contribution in [3.63, 3.8) is 0 Å². The Morgan fingerprint density at radius 1 is 1.14 bits per heavy atom. The Morgan fingerprint density at radius 3 is 2.43 bits per heavy atom. The normalized spacial score (nSPS) is 10.7. The summed E-state index contributed by atoms with van der Waals surface area (Å²) in [5.41, 5.74) is 2.01. The number of aryl methyl sites for hydroxylation is 1. The molecule has 4 heteroatoms. The predicted octanol–water partition coefficient (Wildman–Crippen LogP) is 3.93. The molecule has 112 valence electrons. The number of rotatable bonds is 6. The maximum atomic E-state index is 5.67. The molecule has 0 bridgehead atoms. The van der Waals surface area contributed by atoms with E-state index in [2.05, 4.69) is 22.2 Å². The Labute approximate surface area is 126 Å². The SMILES string of the molecule is CCCc1nc(NC)cc(-c2ccc(OC(C)C)cc2)n1. The molecule has 1 aromatic carbocycles. The van der Waals surface area contributed by atoms with E-state index in [0.29, 0.717) is 0 Å². The number of benzene rings is 1. The van der Waals surface area contributed by atoms with Gasteiger partial charge in [0.25, 0.3) is 0 Å². The molecule has 0 amide bonds. The zero-order chi connectivity index (χ0) is 15.2. The maximum absolute atomic E-state index is 5.67. The third-order valence-electron chi connectivity index (χ3n) is 3.02. The summed E-state index contributed by atoms with van der Waals surface area (Å²) < 4.78 is 5.67. The van der Waals surface area contributed by atoms with Crippen LogP contribution in [0.3, 0.4) is 0 Å². The molecule has 0 atom stereocenters. The molecule has 0 radical (unpaired) electrons. The van der Waals surface area contributed by atoms with Crippen LogP contribution >= 0.6 is 0 Å². The van der Waals surface area contributed by atoms with Gasteiger partial charge >= 0.3 is 0 Å². The van der Waals surface area contributed by atoms with Gasteiger partial charge in [-0.1, -0.05) is 6.92 Å². The first-order valence-corrected chi connectivity index (χ1v) is 7.45. The Kier molecular flexibility index (Phi) is 5.14. The number of aromatic nitrogens is 2. The van der Waals surface area contributed by atoms with E-state index in [-0.39, 0.29) is 6.10 Å². The third-order valence-corrected chi connectivity index (χ3v) is 3.02. The van der Waals surface area contributed by atoms with Crippen molar-refractivity contribution in [2.24, 2.45) is 0 Å². The molecule has 2 rings (SSSR count). The lowest BCUT2D eigenvalue weighted by Gasteiger charge is -2.11. The lowest BCUT2D eigenvalue weighted by molar-refractivity contribution is 0.242. The first-order valence-electron chi connectivity index (χ1n) is 7.45. The van der Waals surface area contributed by atoms with Gasteiger partial charge in [0.15, 0.2) is 0 Å². The van der Waals surface area contributed by atoms with Crippen LogP contribution in [0.1, 0.15) is 33.0 Å². The summed E-state index contributed by atoms with van der Waals surface area (Å²) in [6, 6.07) is 10.0. The summed E-state index contributed by atoms with van der Waals surface area (Å²) in [7, 11) is 1.88. The number of ether oxygens (including phenoxy) is 1. The van der Waals surface area contributed by atoms with Crippen LogP contribution in [0.4, 0.5) is 5.82 Å². The molecule has 0 saturated heterocycles. The van der Waals surface area contributed by atoms with E-state index in [9.17, 15) is 0 Å². The summed E-state index contributed by atoms with van der Waals surface area (Å²) in [6.07, 6.45) is 2.10. The van der Waals surface area contributed by atoms with Crippen LogP contribution in [0.15, 0.2) is 30.3 Å². The highest BCUT2D eigenvalue weighted by Gasteiger charge is 2.06. The minimum atomic E-state index is 0.182. The highest BCUT2D eigenvalue weighted by atomic mass is 16.5. The maximum Gasteiger partial charge on any atom is 0.131 e. The van der Waals surface area contributed by atoms with Gasteiger partial charge in [-0.3, -0.25) is 0 Å². The molecule has 1 heterocycles. The fourth-order valence-electron chi connectivity index (χ4n) is 2.08. The number of hydrogen-bond acceptors (Lipinski definition) is 4. The lowest BCUT2D eigenvalue weighted by atomic mass is 10.1. The van der Waals surface area contributed by atoms with E-state index in [4.69, 9.17) is 4.74 Å². The Bertz CT molecular complexity index is 579. The first kappa shape index (κ1) is 15.3. The standard InChI is InChI=1S/C17H23N3O/c1-5-6-16-19-15(11-17(18-4)20-16)13-7-9-14(10-8-13)21-12(2)3/h7-12H,5-6H2,1-4H3,(H,18,19,20). The van der Waals surface area contributed by atoms with Crippen molar-refractivity contribution in [3.8, 4) is 17.0 Å². The van der Waals surface area contributed by atoms with Crippen molar-refractivity contribution in [2.45, 2.75) is 39.7 Å². The van der Waals surface area contributed by atoms with Crippen LogP contribution in [0, 0.1) is 0 Å². The van der Waals surface area contributed by atoms with Crippen LogP contribution in [-0.4, -0.2) is 23.1 Å². The number of hydrogen-bond donors (Lipinski definition) is 1. The molecule has 0 unspecified atom stereocenters.